The molecule has 0 fully saturated rings. The molecule has 0 amide bonds. The SMILES string of the molecule is Cc1ccccc1CCNC(C)(C)CO. The number of nitrogens with one attached hydrogen (secondary N) is 1. The fourth-order valence-corrected chi connectivity index (χ4v) is 1.48. The molecule has 0 saturated carbocycles. The Morgan fingerprint density at radius 2 is 1.93 bits per heavy atom. The van der Waals surface area contributed by atoms with E-state index in [1.807, 2.05) is 13.8 Å². The molecule has 0 spiro atoms. The predicted molar refractivity (Wildman–Crippen MR) is 64.1 cm³/mol. The molecular weight excluding hydrogens is 186 g/mol. The van der Waals surface area contributed by atoms with E-state index in [9.17, 15) is 0 Å². The lowest BCUT2D eigenvalue weighted by atomic mass is 10.0. The normalized spacial score (nSPS) is 11.7. The Morgan fingerprint density at radius 3 is 2.53 bits per heavy atom. The number of aliphatic hydroxyl groups excluding tert-OH is 1. The first-order chi connectivity index (χ1) is 7.05. The van der Waals surface area contributed by atoms with Crippen molar-refractivity contribution in [3.63, 3.8) is 0 Å². The molecule has 0 heterocycles. The van der Waals surface area contributed by atoms with Crippen molar-refractivity contribution in [2.45, 2.75) is 32.7 Å². The summed E-state index contributed by atoms with van der Waals surface area (Å²) >= 11 is 0. The van der Waals surface area contributed by atoms with Gasteiger partial charge in [0.05, 0.1) is 6.61 Å². The highest BCUT2D eigenvalue weighted by Gasteiger charge is 2.14. The van der Waals surface area contributed by atoms with Crippen LogP contribution in [-0.4, -0.2) is 23.8 Å². The Hall–Kier alpha value is -0.860. The van der Waals surface area contributed by atoms with E-state index in [1.165, 1.54) is 11.1 Å². The first-order valence-electron chi connectivity index (χ1n) is 5.45. The monoisotopic (exact) mass is 207 g/mol. The van der Waals surface area contributed by atoms with Crippen LogP contribution in [0.5, 0.6) is 0 Å². The van der Waals surface area contributed by atoms with Crippen LogP contribution in [0.2, 0.25) is 0 Å². The van der Waals surface area contributed by atoms with Gasteiger partial charge in [0.25, 0.3) is 0 Å². The summed E-state index contributed by atoms with van der Waals surface area (Å²) in [6.45, 7) is 7.21. The van der Waals surface area contributed by atoms with Crippen LogP contribution in [0.4, 0.5) is 0 Å². The third kappa shape index (κ3) is 4.02. The Morgan fingerprint density at radius 1 is 1.27 bits per heavy atom. The van der Waals surface area contributed by atoms with Crippen LogP contribution in [-0.2, 0) is 6.42 Å². The second kappa shape index (κ2) is 5.29. The van der Waals surface area contributed by atoms with Gasteiger partial charge in [-0.1, -0.05) is 24.3 Å². The molecule has 0 unspecified atom stereocenters. The molecule has 0 saturated heterocycles. The van der Waals surface area contributed by atoms with E-state index >= 15 is 0 Å². The minimum absolute atomic E-state index is 0.167. The molecule has 0 aromatic heterocycles. The van der Waals surface area contributed by atoms with E-state index in [2.05, 4.69) is 36.5 Å². The molecule has 15 heavy (non-hydrogen) atoms. The van der Waals surface area contributed by atoms with Gasteiger partial charge in [-0.15, -0.1) is 0 Å². The molecule has 0 aliphatic rings. The number of aliphatic hydroxyl groups is 1. The molecule has 0 bridgehead atoms. The molecular formula is C13H21NO. The molecule has 0 aliphatic carbocycles. The van der Waals surface area contributed by atoms with Crippen LogP contribution >= 0.6 is 0 Å². The zero-order valence-corrected chi connectivity index (χ0v) is 9.88. The van der Waals surface area contributed by atoms with Crippen LogP contribution in [0.1, 0.15) is 25.0 Å². The van der Waals surface area contributed by atoms with Gasteiger partial charge >= 0.3 is 0 Å². The van der Waals surface area contributed by atoms with Crippen LogP contribution in [0.15, 0.2) is 24.3 Å². The molecule has 2 N–H and O–H groups in total. The smallest absolute Gasteiger partial charge is 0.0607 e. The maximum Gasteiger partial charge on any atom is 0.0607 e. The third-order valence-electron chi connectivity index (χ3n) is 2.65. The molecule has 84 valence electrons. The average molecular weight is 207 g/mol. The lowest BCUT2D eigenvalue weighted by Crippen LogP contribution is -2.43. The number of hydrogen-bond donors (Lipinski definition) is 2. The highest BCUT2D eigenvalue weighted by molar-refractivity contribution is 5.25. The van der Waals surface area contributed by atoms with Crippen molar-refractivity contribution < 1.29 is 5.11 Å². The van der Waals surface area contributed by atoms with Crippen LogP contribution in [0.3, 0.4) is 0 Å². The summed E-state index contributed by atoms with van der Waals surface area (Å²) in [5.41, 5.74) is 2.53. The lowest BCUT2D eigenvalue weighted by Gasteiger charge is -2.23. The summed E-state index contributed by atoms with van der Waals surface area (Å²) in [6, 6.07) is 8.42. The van der Waals surface area contributed by atoms with Gasteiger partial charge in [0.1, 0.15) is 0 Å². The van der Waals surface area contributed by atoms with Gasteiger partial charge in [-0.05, 0) is 44.9 Å². The van der Waals surface area contributed by atoms with E-state index in [-0.39, 0.29) is 12.1 Å². The largest absolute Gasteiger partial charge is 0.394 e. The zero-order valence-electron chi connectivity index (χ0n) is 9.88. The summed E-state index contributed by atoms with van der Waals surface area (Å²) in [4.78, 5) is 0. The summed E-state index contributed by atoms with van der Waals surface area (Å²) in [6.07, 6.45) is 1.01. The van der Waals surface area contributed by atoms with Gasteiger partial charge in [-0.3, -0.25) is 0 Å². The van der Waals surface area contributed by atoms with E-state index in [4.69, 9.17) is 5.11 Å². The number of rotatable bonds is 5. The predicted octanol–water partition coefficient (Wildman–Crippen LogP) is 1.90. The molecule has 1 aromatic rings. The van der Waals surface area contributed by atoms with E-state index in [1.54, 1.807) is 0 Å². The topological polar surface area (TPSA) is 32.3 Å². The minimum atomic E-state index is -0.178. The first-order valence-corrected chi connectivity index (χ1v) is 5.45. The first kappa shape index (κ1) is 12.2. The van der Waals surface area contributed by atoms with E-state index < -0.39 is 0 Å². The second-order valence-electron chi connectivity index (χ2n) is 4.65. The Bertz CT molecular complexity index is 307. The van der Waals surface area contributed by atoms with Crippen molar-refractivity contribution >= 4 is 0 Å². The van der Waals surface area contributed by atoms with Gasteiger partial charge in [0.15, 0.2) is 0 Å². The molecule has 2 nitrogen and oxygen atoms in total. The minimum Gasteiger partial charge on any atom is -0.394 e. The van der Waals surface area contributed by atoms with Crippen molar-refractivity contribution in [1.82, 2.24) is 5.32 Å². The third-order valence-corrected chi connectivity index (χ3v) is 2.65. The van der Waals surface area contributed by atoms with Crippen molar-refractivity contribution in [1.29, 1.82) is 0 Å². The Labute approximate surface area is 92.3 Å². The summed E-state index contributed by atoms with van der Waals surface area (Å²) in [5.74, 6) is 0. The van der Waals surface area contributed by atoms with Crippen molar-refractivity contribution in [3.05, 3.63) is 35.4 Å². The quantitative estimate of drug-likeness (QED) is 0.773. The van der Waals surface area contributed by atoms with Gasteiger partial charge < -0.3 is 10.4 Å². The van der Waals surface area contributed by atoms with Gasteiger partial charge in [0.2, 0.25) is 0 Å². The van der Waals surface area contributed by atoms with Crippen LogP contribution in [0, 0.1) is 6.92 Å². The Balaban J connectivity index is 2.42. The molecule has 2 heteroatoms. The average Bonchev–Trinajstić information content (AvgIpc) is 2.21. The highest BCUT2D eigenvalue weighted by atomic mass is 16.3. The second-order valence-corrected chi connectivity index (χ2v) is 4.65. The summed E-state index contributed by atoms with van der Waals surface area (Å²) in [5, 5.41) is 12.4. The lowest BCUT2D eigenvalue weighted by molar-refractivity contribution is 0.189. The molecule has 1 rings (SSSR count). The maximum atomic E-state index is 9.08. The van der Waals surface area contributed by atoms with E-state index in [0.717, 1.165) is 13.0 Å². The number of hydrogen-bond acceptors (Lipinski definition) is 2. The molecule has 1 aromatic carbocycles. The number of aryl methyl sites for hydroxylation is 1. The molecule has 0 atom stereocenters. The van der Waals surface area contributed by atoms with Gasteiger partial charge in [-0.25, -0.2) is 0 Å². The molecule has 0 radical (unpaired) electrons. The zero-order chi connectivity index (χ0) is 11.3. The van der Waals surface area contributed by atoms with Crippen molar-refractivity contribution in [3.8, 4) is 0 Å². The fraction of sp³-hybridized carbons (Fsp3) is 0.538. The summed E-state index contributed by atoms with van der Waals surface area (Å²) in [7, 11) is 0. The van der Waals surface area contributed by atoms with Crippen LogP contribution in [0.25, 0.3) is 0 Å². The van der Waals surface area contributed by atoms with Crippen molar-refractivity contribution in [2.24, 2.45) is 0 Å². The highest BCUT2D eigenvalue weighted by Crippen LogP contribution is 2.08. The van der Waals surface area contributed by atoms with Crippen LogP contribution < -0.4 is 5.32 Å². The number of benzene rings is 1. The fourth-order valence-electron chi connectivity index (χ4n) is 1.48. The van der Waals surface area contributed by atoms with Gasteiger partial charge in [-0.2, -0.15) is 0 Å². The maximum absolute atomic E-state index is 9.08. The molecule has 0 aliphatic heterocycles. The van der Waals surface area contributed by atoms with Gasteiger partial charge in [0, 0.05) is 5.54 Å². The Kier molecular flexibility index (Phi) is 4.30. The van der Waals surface area contributed by atoms with E-state index in [0.29, 0.717) is 0 Å². The van der Waals surface area contributed by atoms with Crippen molar-refractivity contribution in [2.75, 3.05) is 13.2 Å². The summed E-state index contributed by atoms with van der Waals surface area (Å²) < 4.78 is 0. The standard InChI is InChI=1S/C13H21NO/c1-11-6-4-5-7-12(11)8-9-14-13(2,3)10-15/h4-7,14-15H,8-10H2,1-3H3.